The number of aromatic amines is 1. The summed E-state index contributed by atoms with van der Waals surface area (Å²) in [6.45, 7) is 7.84. The molecule has 100 valence electrons. The molecule has 0 atom stereocenters. The largest absolute Gasteiger partial charge is 0.326 e. The van der Waals surface area contributed by atoms with Gasteiger partial charge in [-0.1, -0.05) is 12.1 Å². The van der Waals surface area contributed by atoms with Crippen LogP contribution in [0.25, 0.3) is 0 Å². The minimum atomic E-state index is -0.0127. The average Bonchev–Trinajstić information content (AvgIpc) is 2.65. The lowest BCUT2D eigenvalue weighted by molar-refractivity contribution is -0.115. The Balaban J connectivity index is 2.12. The summed E-state index contributed by atoms with van der Waals surface area (Å²) in [5.41, 5.74) is 5.89. The predicted octanol–water partition coefficient (Wildman–Crippen LogP) is 2.82. The van der Waals surface area contributed by atoms with E-state index < -0.39 is 0 Å². The summed E-state index contributed by atoms with van der Waals surface area (Å²) in [5.74, 6) is -0.0127. The third-order valence-corrected chi connectivity index (χ3v) is 3.29. The molecule has 4 heteroatoms. The maximum atomic E-state index is 12.1. The first-order chi connectivity index (χ1) is 8.97. The Kier molecular flexibility index (Phi) is 3.69. The molecule has 19 heavy (non-hydrogen) atoms. The van der Waals surface area contributed by atoms with Crippen molar-refractivity contribution >= 4 is 11.6 Å². The summed E-state index contributed by atoms with van der Waals surface area (Å²) < 4.78 is 0. The number of amides is 1. The Labute approximate surface area is 113 Å². The zero-order valence-electron chi connectivity index (χ0n) is 11.8. The summed E-state index contributed by atoms with van der Waals surface area (Å²) in [5, 5.41) is 9.96. The van der Waals surface area contributed by atoms with E-state index in [0.717, 1.165) is 33.8 Å². The third kappa shape index (κ3) is 3.02. The van der Waals surface area contributed by atoms with Gasteiger partial charge in [0.1, 0.15) is 0 Å². The highest BCUT2D eigenvalue weighted by atomic mass is 16.1. The summed E-state index contributed by atoms with van der Waals surface area (Å²) in [6.07, 6.45) is 0.349. The number of hydrogen-bond acceptors (Lipinski definition) is 2. The van der Waals surface area contributed by atoms with Gasteiger partial charge in [-0.25, -0.2) is 0 Å². The van der Waals surface area contributed by atoms with Crippen molar-refractivity contribution in [3.63, 3.8) is 0 Å². The summed E-state index contributed by atoms with van der Waals surface area (Å²) in [4.78, 5) is 12.1. The molecule has 2 aromatic rings. The number of benzene rings is 1. The molecule has 0 aliphatic heterocycles. The van der Waals surface area contributed by atoms with Crippen LogP contribution in [0.5, 0.6) is 0 Å². The molecule has 0 saturated carbocycles. The smallest absolute Gasteiger partial charge is 0.228 e. The Morgan fingerprint density at radius 3 is 2.63 bits per heavy atom. The molecule has 0 bridgehead atoms. The van der Waals surface area contributed by atoms with Crippen LogP contribution >= 0.6 is 0 Å². The van der Waals surface area contributed by atoms with E-state index >= 15 is 0 Å². The summed E-state index contributed by atoms with van der Waals surface area (Å²) >= 11 is 0. The van der Waals surface area contributed by atoms with Gasteiger partial charge in [0.2, 0.25) is 5.91 Å². The van der Waals surface area contributed by atoms with Crippen molar-refractivity contribution < 1.29 is 4.79 Å². The number of carbonyl (C=O) groups is 1. The molecule has 4 nitrogen and oxygen atoms in total. The minimum absolute atomic E-state index is 0.0127. The van der Waals surface area contributed by atoms with Crippen molar-refractivity contribution in [3.05, 3.63) is 46.3 Å². The van der Waals surface area contributed by atoms with Crippen molar-refractivity contribution in [1.82, 2.24) is 10.2 Å². The lowest BCUT2D eigenvalue weighted by Gasteiger charge is -2.09. The van der Waals surface area contributed by atoms with Crippen molar-refractivity contribution in [2.45, 2.75) is 34.1 Å². The minimum Gasteiger partial charge on any atom is -0.326 e. The maximum absolute atomic E-state index is 12.1. The fourth-order valence-corrected chi connectivity index (χ4v) is 2.06. The van der Waals surface area contributed by atoms with Crippen LogP contribution in [0.15, 0.2) is 18.2 Å². The Morgan fingerprint density at radius 2 is 2.00 bits per heavy atom. The van der Waals surface area contributed by atoms with E-state index in [0.29, 0.717) is 6.42 Å². The van der Waals surface area contributed by atoms with E-state index in [1.54, 1.807) is 0 Å². The van der Waals surface area contributed by atoms with E-state index in [9.17, 15) is 4.79 Å². The molecule has 2 rings (SSSR count). The molecule has 0 aliphatic carbocycles. The first-order valence-corrected chi connectivity index (χ1v) is 6.35. The Morgan fingerprint density at radius 1 is 1.26 bits per heavy atom. The van der Waals surface area contributed by atoms with Crippen molar-refractivity contribution in [2.24, 2.45) is 0 Å². The van der Waals surface area contributed by atoms with E-state index in [4.69, 9.17) is 0 Å². The van der Waals surface area contributed by atoms with E-state index in [1.807, 2.05) is 45.9 Å². The first kappa shape index (κ1) is 13.3. The van der Waals surface area contributed by atoms with Gasteiger partial charge in [0.05, 0.1) is 12.1 Å². The highest BCUT2D eigenvalue weighted by Crippen LogP contribution is 2.17. The second-order valence-corrected chi connectivity index (χ2v) is 4.96. The number of carbonyl (C=O) groups excluding carboxylic acids is 1. The first-order valence-electron chi connectivity index (χ1n) is 6.35. The van der Waals surface area contributed by atoms with Gasteiger partial charge in [-0.3, -0.25) is 9.89 Å². The van der Waals surface area contributed by atoms with Crippen molar-refractivity contribution in [1.29, 1.82) is 0 Å². The zero-order valence-corrected chi connectivity index (χ0v) is 11.8. The number of hydrogen-bond donors (Lipinski definition) is 2. The molecule has 2 N–H and O–H groups in total. The van der Waals surface area contributed by atoms with Gasteiger partial charge in [-0.2, -0.15) is 5.10 Å². The monoisotopic (exact) mass is 257 g/mol. The second-order valence-electron chi connectivity index (χ2n) is 4.96. The van der Waals surface area contributed by atoms with Crippen molar-refractivity contribution in [2.75, 3.05) is 5.32 Å². The van der Waals surface area contributed by atoms with Gasteiger partial charge in [0, 0.05) is 16.9 Å². The van der Waals surface area contributed by atoms with Crippen LogP contribution < -0.4 is 5.32 Å². The van der Waals surface area contributed by atoms with Gasteiger partial charge in [-0.05, 0) is 44.9 Å². The molecule has 1 aromatic heterocycles. The number of H-pyrrole nitrogens is 1. The SMILES string of the molecule is Cc1ccc(C)c(NC(=O)Cc2c(C)n[nH]c2C)c1. The Bertz CT molecular complexity index is 594. The molecule has 1 heterocycles. The predicted molar refractivity (Wildman–Crippen MR) is 76.3 cm³/mol. The number of rotatable bonds is 3. The zero-order chi connectivity index (χ0) is 14.0. The normalized spacial score (nSPS) is 10.5. The number of nitrogens with zero attached hydrogens (tertiary/aromatic N) is 1. The van der Waals surface area contributed by atoms with Crippen LogP contribution in [0.4, 0.5) is 5.69 Å². The molecule has 0 fully saturated rings. The summed E-state index contributed by atoms with van der Waals surface area (Å²) in [6, 6.07) is 6.04. The highest BCUT2D eigenvalue weighted by molar-refractivity contribution is 5.93. The molecule has 0 spiro atoms. The quantitative estimate of drug-likeness (QED) is 0.888. The van der Waals surface area contributed by atoms with E-state index in [2.05, 4.69) is 15.5 Å². The van der Waals surface area contributed by atoms with Gasteiger partial charge >= 0.3 is 0 Å². The highest BCUT2D eigenvalue weighted by Gasteiger charge is 2.12. The van der Waals surface area contributed by atoms with Gasteiger partial charge in [-0.15, -0.1) is 0 Å². The molecule has 1 amide bonds. The summed E-state index contributed by atoms with van der Waals surface area (Å²) in [7, 11) is 0. The van der Waals surface area contributed by atoms with Crippen LogP contribution in [0.1, 0.15) is 28.1 Å². The molecule has 0 saturated heterocycles. The fraction of sp³-hybridized carbons (Fsp3) is 0.333. The number of anilines is 1. The Hall–Kier alpha value is -2.10. The van der Waals surface area contributed by atoms with Gasteiger partial charge in [0.25, 0.3) is 0 Å². The van der Waals surface area contributed by atoms with E-state index in [1.165, 1.54) is 0 Å². The van der Waals surface area contributed by atoms with Gasteiger partial charge in [0.15, 0.2) is 0 Å². The standard InChI is InChI=1S/C15H19N3O/c1-9-5-6-10(2)14(7-9)16-15(19)8-13-11(3)17-18-12(13)4/h5-7H,8H2,1-4H3,(H,16,19)(H,17,18). The van der Waals surface area contributed by atoms with Crippen molar-refractivity contribution in [3.8, 4) is 0 Å². The maximum Gasteiger partial charge on any atom is 0.228 e. The van der Waals surface area contributed by atoms with Crippen LogP contribution in [-0.4, -0.2) is 16.1 Å². The molecular formula is C15H19N3O. The molecule has 1 aromatic carbocycles. The molecule has 0 aliphatic rings. The second kappa shape index (κ2) is 5.26. The van der Waals surface area contributed by atoms with E-state index in [-0.39, 0.29) is 5.91 Å². The van der Waals surface area contributed by atoms with Crippen LogP contribution in [0, 0.1) is 27.7 Å². The van der Waals surface area contributed by atoms with Crippen LogP contribution in [0.2, 0.25) is 0 Å². The topological polar surface area (TPSA) is 57.8 Å². The molecule has 0 radical (unpaired) electrons. The number of aromatic nitrogens is 2. The lowest BCUT2D eigenvalue weighted by Crippen LogP contribution is -2.16. The fourth-order valence-electron chi connectivity index (χ4n) is 2.06. The van der Waals surface area contributed by atoms with Crippen LogP contribution in [0.3, 0.4) is 0 Å². The molecular weight excluding hydrogens is 238 g/mol. The third-order valence-electron chi connectivity index (χ3n) is 3.29. The average molecular weight is 257 g/mol. The lowest BCUT2D eigenvalue weighted by atomic mass is 10.1. The number of nitrogens with one attached hydrogen (secondary N) is 2. The van der Waals surface area contributed by atoms with Crippen LogP contribution in [-0.2, 0) is 11.2 Å². The molecule has 0 unspecified atom stereocenters. The number of aryl methyl sites for hydroxylation is 4. The van der Waals surface area contributed by atoms with Gasteiger partial charge < -0.3 is 5.32 Å².